The monoisotopic (exact) mass is 311 g/mol. The fourth-order valence-electron chi connectivity index (χ4n) is 2.41. The van der Waals surface area contributed by atoms with Crippen molar-refractivity contribution < 1.29 is 4.79 Å². The van der Waals surface area contributed by atoms with Gasteiger partial charge in [0.1, 0.15) is 5.82 Å². The van der Waals surface area contributed by atoms with E-state index in [4.69, 9.17) is 0 Å². The largest absolute Gasteiger partial charge is 0.323 e. The van der Waals surface area contributed by atoms with Crippen molar-refractivity contribution in [2.45, 2.75) is 27.2 Å². The van der Waals surface area contributed by atoms with Gasteiger partial charge >= 0.3 is 5.69 Å². The van der Waals surface area contributed by atoms with Crippen LogP contribution in [0.5, 0.6) is 0 Å². The zero-order valence-electron chi connectivity index (χ0n) is 13.2. The molecule has 118 valence electrons. The summed E-state index contributed by atoms with van der Waals surface area (Å²) in [6.45, 7) is 5.77. The molecule has 0 aliphatic carbocycles. The molecule has 1 aromatic carbocycles. The highest BCUT2D eigenvalue weighted by atomic mass is 16.2. The van der Waals surface area contributed by atoms with Gasteiger partial charge in [-0.15, -0.1) is 0 Å². The third kappa shape index (κ3) is 2.73. The number of carbonyl (C=O) groups excluding carboxylic acids is 1. The number of imidazole rings is 1. The van der Waals surface area contributed by atoms with E-state index < -0.39 is 0 Å². The maximum Gasteiger partial charge on any atom is 0.323 e. The highest BCUT2D eigenvalue weighted by Crippen LogP contribution is 2.27. The minimum atomic E-state index is -0.315. The lowest BCUT2D eigenvalue weighted by Gasteiger charge is -2.12. The number of benzene rings is 1. The fraction of sp³-hybridized carbons (Fsp3) is 0.250. The van der Waals surface area contributed by atoms with Crippen LogP contribution in [-0.2, 0) is 6.42 Å². The summed E-state index contributed by atoms with van der Waals surface area (Å²) in [6, 6.07) is 1.87. The summed E-state index contributed by atoms with van der Waals surface area (Å²) in [5.41, 5.74) is 3.75. The van der Waals surface area contributed by atoms with Crippen LogP contribution in [0.1, 0.15) is 34.2 Å². The predicted octanol–water partition coefficient (Wildman–Crippen LogP) is 2.08. The molecule has 0 radical (unpaired) electrons. The zero-order valence-corrected chi connectivity index (χ0v) is 13.2. The van der Waals surface area contributed by atoms with Crippen LogP contribution < -0.4 is 11.0 Å². The lowest BCUT2D eigenvalue weighted by Crippen LogP contribution is -2.15. The van der Waals surface area contributed by atoms with E-state index in [1.807, 2.05) is 26.8 Å². The van der Waals surface area contributed by atoms with Crippen LogP contribution in [0.2, 0.25) is 0 Å². The number of fused-ring (bicyclic) bond motifs is 1. The molecule has 0 saturated carbocycles. The number of amides is 1. The van der Waals surface area contributed by atoms with Crippen LogP contribution in [0.25, 0.3) is 11.0 Å². The van der Waals surface area contributed by atoms with Crippen LogP contribution in [0.15, 0.2) is 23.3 Å². The summed E-state index contributed by atoms with van der Waals surface area (Å²) in [5.74, 6) is 0.371. The van der Waals surface area contributed by atoms with Crippen LogP contribution in [-0.4, -0.2) is 25.8 Å². The van der Waals surface area contributed by atoms with E-state index in [2.05, 4.69) is 25.3 Å². The lowest BCUT2D eigenvalue weighted by molar-refractivity contribution is 0.102. The third-order valence-electron chi connectivity index (χ3n) is 3.86. The van der Waals surface area contributed by atoms with E-state index in [0.717, 1.165) is 11.1 Å². The molecule has 0 fully saturated rings. The molecule has 1 amide bonds. The van der Waals surface area contributed by atoms with Crippen molar-refractivity contribution in [3.05, 3.63) is 51.5 Å². The molecule has 0 atom stereocenters. The number of aromatic amines is 2. The summed E-state index contributed by atoms with van der Waals surface area (Å²) >= 11 is 0. The Bertz CT molecular complexity index is 937. The number of H-pyrrole nitrogens is 2. The normalized spacial score (nSPS) is 10.9. The molecule has 7 nitrogen and oxygen atoms in total. The van der Waals surface area contributed by atoms with Crippen LogP contribution in [0, 0.1) is 13.8 Å². The molecule has 2 aromatic heterocycles. The smallest absolute Gasteiger partial charge is 0.320 e. The number of nitrogens with zero attached hydrogens (tertiary/aromatic N) is 2. The first-order chi connectivity index (χ1) is 11.0. The van der Waals surface area contributed by atoms with Gasteiger partial charge in [0.05, 0.1) is 22.3 Å². The molecule has 2 heterocycles. The molecule has 3 aromatic rings. The molecular formula is C16H17N5O2. The SMILES string of the molecule is CCc1ncc(C(=O)Nc2c(C)c(C)cc3[nH]c(=O)[nH]c23)cn1. The van der Waals surface area contributed by atoms with Gasteiger partial charge in [-0.05, 0) is 31.0 Å². The second-order valence-electron chi connectivity index (χ2n) is 5.39. The van der Waals surface area contributed by atoms with Gasteiger partial charge in [0.25, 0.3) is 5.91 Å². The molecule has 0 aliphatic rings. The Morgan fingerprint density at radius 3 is 2.57 bits per heavy atom. The average molecular weight is 311 g/mol. The summed E-state index contributed by atoms with van der Waals surface area (Å²) in [4.78, 5) is 37.7. The number of anilines is 1. The number of rotatable bonds is 3. The fourth-order valence-corrected chi connectivity index (χ4v) is 2.41. The highest BCUT2D eigenvalue weighted by Gasteiger charge is 2.15. The Morgan fingerprint density at radius 2 is 1.91 bits per heavy atom. The Kier molecular flexibility index (Phi) is 3.69. The molecule has 23 heavy (non-hydrogen) atoms. The van der Waals surface area contributed by atoms with E-state index in [0.29, 0.717) is 34.5 Å². The predicted molar refractivity (Wildman–Crippen MR) is 87.8 cm³/mol. The van der Waals surface area contributed by atoms with Gasteiger partial charge in [0.2, 0.25) is 0 Å². The number of aryl methyl sites for hydroxylation is 2. The topological polar surface area (TPSA) is 104 Å². The molecule has 7 heteroatoms. The Hall–Kier alpha value is -2.96. The number of nitrogens with one attached hydrogen (secondary N) is 3. The van der Waals surface area contributed by atoms with E-state index in [1.165, 1.54) is 12.4 Å². The maximum atomic E-state index is 12.4. The van der Waals surface area contributed by atoms with Gasteiger partial charge in [-0.3, -0.25) is 4.79 Å². The minimum Gasteiger partial charge on any atom is -0.320 e. The molecule has 0 saturated heterocycles. The number of aromatic nitrogens is 4. The summed E-state index contributed by atoms with van der Waals surface area (Å²) in [7, 11) is 0. The van der Waals surface area contributed by atoms with E-state index in [1.54, 1.807) is 0 Å². The molecule has 0 bridgehead atoms. The van der Waals surface area contributed by atoms with Gasteiger partial charge in [0, 0.05) is 18.8 Å². The van der Waals surface area contributed by atoms with Gasteiger partial charge < -0.3 is 15.3 Å². The number of hydrogen-bond donors (Lipinski definition) is 3. The summed E-state index contributed by atoms with van der Waals surface area (Å²) < 4.78 is 0. The van der Waals surface area contributed by atoms with Gasteiger partial charge in [0.15, 0.2) is 0 Å². The standard InChI is InChI=1S/C16H17N5O2/c1-4-12-17-6-10(7-18-12)15(22)20-13-9(3)8(2)5-11-14(13)21-16(23)19-11/h5-7H,4H2,1-3H3,(H,20,22)(H2,19,21,23). The van der Waals surface area contributed by atoms with Gasteiger partial charge in [-0.1, -0.05) is 6.92 Å². The first-order valence-corrected chi connectivity index (χ1v) is 7.34. The van der Waals surface area contributed by atoms with Crippen LogP contribution in [0.4, 0.5) is 5.69 Å². The summed E-state index contributed by atoms with van der Waals surface area (Å²) in [5, 5.41) is 2.85. The van der Waals surface area contributed by atoms with Crippen molar-refractivity contribution in [3.8, 4) is 0 Å². The molecule has 0 aliphatic heterocycles. The maximum absolute atomic E-state index is 12.4. The Labute approximate surface area is 132 Å². The van der Waals surface area contributed by atoms with Crippen molar-refractivity contribution in [1.82, 2.24) is 19.9 Å². The molecular weight excluding hydrogens is 294 g/mol. The minimum absolute atomic E-state index is 0.309. The van der Waals surface area contributed by atoms with Crippen molar-refractivity contribution in [2.75, 3.05) is 5.32 Å². The molecule has 0 unspecified atom stereocenters. The Morgan fingerprint density at radius 1 is 1.22 bits per heavy atom. The lowest BCUT2D eigenvalue weighted by atomic mass is 10.1. The molecule has 0 spiro atoms. The van der Waals surface area contributed by atoms with Crippen molar-refractivity contribution >= 4 is 22.6 Å². The number of hydrogen-bond acceptors (Lipinski definition) is 4. The zero-order chi connectivity index (χ0) is 16.6. The van der Waals surface area contributed by atoms with Crippen LogP contribution in [0.3, 0.4) is 0 Å². The first kappa shape index (κ1) is 15.0. The van der Waals surface area contributed by atoms with Crippen molar-refractivity contribution in [3.63, 3.8) is 0 Å². The van der Waals surface area contributed by atoms with E-state index in [-0.39, 0.29) is 11.6 Å². The van der Waals surface area contributed by atoms with Gasteiger partial charge in [-0.2, -0.15) is 0 Å². The van der Waals surface area contributed by atoms with Gasteiger partial charge in [-0.25, -0.2) is 14.8 Å². The number of carbonyl (C=O) groups is 1. The quantitative estimate of drug-likeness (QED) is 0.689. The summed E-state index contributed by atoms with van der Waals surface area (Å²) in [6.07, 6.45) is 3.72. The van der Waals surface area contributed by atoms with E-state index in [9.17, 15) is 9.59 Å². The van der Waals surface area contributed by atoms with E-state index >= 15 is 0 Å². The molecule has 3 rings (SSSR count). The van der Waals surface area contributed by atoms with Crippen molar-refractivity contribution in [1.29, 1.82) is 0 Å². The highest BCUT2D eigenvalue weighted by molar-refractivity contribution is 6.08. The second-order valence-corrected chi connectivity index (χ2v) is 5.39. The second kappa shape index (κ2) is 5.68. The average Bonchev–Trinajstić information content (AvgIpc) is 2.91. The molecule has 3 N–H and O–H groups in total. The first-order valence-electron chi connectivity index (χ1n) is 7.34. The van der Waals surface area contributed by atoms with Crippen molar-refractivity contribution in [2.24, 2.45) is 0 Å². The third-order valence-corrected chi connectivity index (χ3v) is 3.86. The van der Waals surface area contributed by atoms with Crippen LogP contribution >= 0.6 is 0 Å². The Balaban J connectivity index is 2.01.